The Morgan fingerprint density at radius 3 is 2.62 bits per heavy atom. The average Bonchev–Trinajstić information content (AvgIpc) is 3.38. The molecule has 1 aliphatic rings. The van der Waals surface area contributed by atoms with Gasteiger partial charge in [-0.1, -0.05) is 54.1 Å². The molecule has 1 aliphatic heterocycles. The van der Waals surface area contributed by atoms with Crippen LogP contribution in [0.2, 0.25) is 5.02 Å². The van der Waals surface area contributed by atoms with E-state index in [0.717, 1.165) is 52.7 Å². The molecule has 8 heteroatoms. The Kier molecular flexibility index (Phi) is 6.83. The van der Waals surface area contributed by atoms with Gasteiger partial charge in [-0.25, -0.2) is 4.98 Å². The smallest absolute Gasteiger partial charge is 0.225 e. The first-order chi connectivity index (χ1) is 16.7. The number of aromatic nitrogens is 3. The zero-order chi connectivity index (χ0) is 23.3. The summed E-state index contributed by atoms with van der Waals surface area (Å²) in [6, 6.07) is 21.6. The molecule has 3 heterocycles. The Labute approximate surface area is 207 Å². The van der Waals surface area contributed by atoms with Crippen molar-refractivity contribution in [2.24, 2.45) is 5.92 Å². The maximum Gasteiger partial charge on any atom is 0.225 e. The van der Waals surface area contributed by atoms with Gasteiger partial charge in [-0.2, -0.15) is 0 Å². The lowest BCUT2D eigenvalue weighted by molar-refractivity contribution is -0.125. The summed E-state index contributed by atoms with van der Waals surface area (Å²) in [5, 5.41) is 15.5. The highest BCUT2D eigenvalue weighted by Crippen LogP contribution is 2.25. The molecule has 2 aromatic heterocycles. The van der Waals surface area contributed by atoms with Gasteiger partial charge in [0.1, 0.15) is 5.01 Å². The summed E-state index contributed by atoms with van der Waals surface area (Å²) >= 11 is 7.57. The fourth-order valence-corrected chi connectivity index (χ4v) is 5.04. The highest BCUT2D eigenvalue weighted by atomic mass is 35.5. The number of hydrogen-bond donors (Lipinski definition) is 1. The molecule has 1 unspecified atom stereocenters. The number of amides is 1. The molecular weight excluding hydrogens is 466 g/mol. The molecule has 1 N–H and O–H groups in total. The number of nitrogens with zero attached hydrogens (tertiary/aromatic N) is 4. The Hall–Kier alpha value is -3.29. The number of carbonyl (C=O) groups excluding carboxylic acids is 1. The molecule has 2 aromatic carbocycles. The minimum absolute atomic E-state index is 0.0599. The van der Waals surface area contributed by atoms with Crippen LogP contribution in [0.5, 0.6) is 0 Å². The number of piperidine rings is 1. The Morgan fingerprint density at radius 2 is 1.85 bits per heavy atom. The summed E-state index contributed by atoms with van der Waals surface area (Å²) in [5.41, 5.74) is 3.74. The molecule has 0 radical (unpaired) electrons. The first kappa shape index (κ1) is 22.5. The molecule has 172 valence electrons. The quantitative estimate of drug-likeness (QED) is 0.389. The van der Waals surface area contributed by atoms with Crippen LogP contribution in [0, 0.1) is 5.92 Å². The third kappa shape index (κ3) is 5.26. The van der Waals surface area contributed by atoms with E-state index in [1.807, 2.05) is 72.1 Å². The number of nitrogens with one attached hydrogen (secondary N) is 1. The topological polar surface area (TPSA) is 71.0 Å². The van der Waals surface area contributed by atoms with Gasteiger partial charge in [0, 0.05) is 34.6 Å². The normalized spacial score (nSPS) is 15.8. The van der Waals surface area contributed by atoms with E-state index in [1.54, 1.807) is 11.3 Å². The summed E-state index contributed by atoms with van der Waals surface area (Å²) < 4.78 is 0. The second-order valence-corrected chi connectivity index (χ2v) is 9.59. The van der Waals surface area contributed by atoms with E-state index in [0.29, 0.717) is 18.1 Å². The Morgan fingerprint density at radius 1 is 1.03 bits per heavy atom. The predicted octanol–water partition coefficient (Wildman–Crippen LogP) is 5.45. The van der Waals surface area contributed by atoms with Gasteiger partial charge in [-0.3, -0.25) is 4.79 Å². The van der Waals surface area contributed by atoms with Crippen molar-refractivity contribution in [1.82, 2.24) is 20.5 Å². The number of thiazole rings is 1. The van der Waals surface area contributed by atoms with Gasteiger partial charge >= 0.3 is 0 Å². The van der Waals surface area contributed by atoms with E-state index in [2.05, 4.69) is 25.4 Å². The minimum atomic E-state index is -0.0845. The first-order valence-corrected chi connectivity index (χ1v) is 12.5. The highest BCUT2D eigenvalue weighted by Gasteiger charge is 2.26. The zero-order valence-corrected chi connectivity index (χ0v) is 20.1. The summed E-state index contributed by atoms with van der Waals surface area (Å²) in [7, 11) is 0. The number of benzene rings is 2. The van der Waals surface area contributed by atoms with Crippen molar-refractivity contribution in [2.75, 3.05) is 18.0 Å². The zero-order valence-electron chi connectivity index (χ0n) is 18.5. The number of halogens is 1. The van der Waals surface area contributed by atoms with Crippen LogP contribution < -0.4 is 10.2 Å². The van der Waals surface area contributed by atoms with Gasteiger partial charge in [0.05, 0.1) is 23.9 Å². The van der Waals surface area contributed by atoms with Crippen LogP contribution in [0.4, 0.5) is 5.82 Å². The van der Waals surface area contributed by atoms with Crippen LogP contribution in [0.1, 0.15) is 18.5 Å². The molecule has 4 aromatic rings. The number of carbonyl (C=O) groups is 1. The fourth-order valence-electron chi connectivity index (χ4n) is 4.09. The molecule has 1 amide bonds. The second-order valence-electron chi connectivity index (χ2n) is 8.30. The third-order valence-electron chi connectivity index (χ3n) is 5.92. The summed E-state index contributed by atoms with van der Waals surface area (Å²) in [6.07, 6.45) is 1.80. The van der Waals surface area contributed by atoms with Crippen molar-refractivity contribution in [3.8, 4) is 21.8 Å². The van der Waals surface area contributed by atoms with Crippen LogP contribution in [-0.2, 0) is 11.3 Å². The lowest BCUT2D eigenvalue weighted by Gasteiger charge is -2.32. The van der Waals surface area contributed by atoms with Gasteiger partial charge in [-0.05, 0) is 37.1 Å². The third-order valence-corrected chi connectivity index (χ3v) is 7.12. The van der Waals surface area contributed by atoms with Crippen LogP contribution in [0.3, 0.4) is 0 Å². The lowest BCUT2D eigenvalue weighted by atomic mass is 9.97. The molecule has 1 fully saturated rings. The van der Waals surface area contributed by atoms with Crippen molar-refractivity contribution >= 4 is 34.7 Å². The molecular formula is C26H24ClN5OS. The lowest BCUT2D eigenvalue weighted by Crippen LogP contribution is -2.43. The predicted molar refractivity (Wildman–Crippen MR) is 137 cm³/mol. The van der Waals surface area contributed by atoms with E-state index in [1.165, 1.54) is 0 Å². The highest BCUT2D eigenvalue weighted by molar-refractivity contribution is 7.13. The van der Waals surface area contributed by atoms with E-state index < -0.39 is 0 Å². The largest absolute Gasteiger partial charge is 0.354 e. The van der Waals surface area contributed by atoms with Crippen molar-refractivity contribution in [2.45, 2.75) is 19.4 Å². The standard InChI is InChI=1S/C26H24ClN5OS/c27-21-10-8-18(9-11-21)23-12-13-24(31-30-23)32-14-4-7-20(16-32)25(33)28-15-22-17-34-26(29-22)19-5-2-1-3-6-19/h1-3,5-6,8-13,17,20H,4,7,14-16H2,(H,28,33). The van der Waals surface area contributed by atoms with E-state index in [4.69, 9.17) is 11.6 Å². The maximum absolute atomic E-state index is 12.9. The van der Waals surface area contributed by atoms with Crippen LogP contribution in [0.15, 0.2) is 72.1 Å². The number of anilines is 1. The second kappa shape index (κ2) is 10.3. The van der Waals surface area contributed by atoms with Crippen LogP contribution in [-0.4, -0.2) is 34.2 Å². The molecule has 0 saturated carbocycles. The van der Waals surface area contributed by atoms with Gasteiger partial charge in [-0.15, -0.1) is 21.5 Å². The Balaban J connectivity index is 1.18. The van der Waals surface area contributed by atoms with Crippen molar-refractivity contribution < 1.29 is 4.79 Å². The van der Waals surface area contributed by atoms with E-state index in [-0.39, 0.29) is 11.8 Å². The first-order valence-electron chi connectivity index (χ1n) is 11.3. The van der Waals surface area contributed by atoms with Gasteiger partial charge in [0.25, 0.3) is 0 Å². The maximum atomic E-state index is 12.9. The molecule has 1 atom stereocenters. The molecule has 0 aliphatic carbocycles. The SMILES string of the molecule is O=C(NCc1csc(-c2ccccc2)n1)C1CCCN(c2ccc(-c3ccc(Cl)cc3)nn2)C1. The van der Waals surface area contributed by atoms with Gasteiger partial charge in [0.15, 0.2) is 5.82 Å². The summed E-state index contributed by atoms with van der Waals surface area (Å²) in [6.45, 7) is 1.94. The van der Waals surface area contributed by atoms with Gasteiger partial charge in [0.2, 0.25) is 5.91 Å². The Bertz CT molecular complexity index is 1240. The van der Waals surface area contributed by atoms with Crippen molar-refractivity contribution in [3.05, 3.63) is 82.8 Å². The summed E-state index contributed by atoms with van der Waals surface area (Å²) in [5.74, 6) is 0.769. The molecule has 34 heavy (non-hydrogen) atoms. The molecule has 1 saturated heterocycles. The van der Waals surface area contributed by atoms with Crippen LogP contribution in [0.25, 0.3) is 21.8 Å². The monoisotopic (exact) mass is 489 g/mol. The number of rotatable bonds is 6. The fraction of sp³-hybridized carbons (Fsp3) is 0.231. The molecule has 0 spiro atoms. The average molecular weight is 490 g/mol. The van der Waals surface area contributed by atoms with Crippen molar-refractivity contribution in [3.63, 3.8) is 0 Å². The molecule has 0 bridgehead atoms. The van der Waals surface area contributed by atoms with Gasteiger partial charge < -0.3 is 10.2 Å². The molecule has 6 nitrogen and oxygen atoms in total. The minimum Gasteiger partial charge on any atom is -0.354 e. The molecule has 5 rings (SSSR count). The van der Waals surface area contributed by atoms with E-state index >= 15 is 0 Å². The van der Waals surface area contributed by atoms with Crippen molar-refractivity contribution in [1.29, 1.82) is 0 Å². The van der Waals surface area contributed by atoms with E-state index in [9.17, 15) is 4.79 Å². The number of hydrogen-bond acceptors (Lipinski definition) is 6. The summed E-state index contributed by atoms with van der Waals surface area (Å²) in [4.78, 5) is 19.7. The van der Waals surface area contributed by atoms with Crippen LogP contribution >= 0.6 is 22.9 Å².